The molecule has 0 aromatic carbocycles. The minimum absolute atomic E-state index is 0.794. The predicted octanol–water partition coefficient (Wildman–Crippen LogP) is 2.80. The molecule has 0 amide bonds. The standard InChI is InChI=1S/C12H17BrN4S/c1-4-9-12(13)10(17(3)16-9)5-14-6-11-15-8(2)7-18-11/h7,14H,4-6H2,1-3H3. The van der Waals surface area contributed by atoms with Crippen LogP contribution in [0.3, 0.4) is 0 Å². The Labute approximate surface area is 120 Å². The highest BCUT2D eigenvalue weighted by atomic mass is 79.9. The van der Waals surface area contributed by atoms with E-state index in [0.717, 1.165) is 40.4 Å². The van der Waals surface area contributed by atoms with Crippen molar-refractivity contribution in [3.05, 3.63) is 31.9 Å². The average molecular weight is 329 g/mol. The maximum atomic E-state index is 4.48. The molecule has 2 aromatic heterocycles. The predicted molar refractivity (Wildman–Crippen MR) is 77.7 cm³/mol. The summed E-state index contributed by atoms with van der Waals surface area (Å²) in [5.74, 6) is 0. The molecule has 0 fully saturated rings. The van der Waals surface area contributed by atoms with Crippen LogP contribution in [0, 0.1) is 6.92 Å². The Bertz CT molecular complexity index is 532. The van der Waals surface area contributed by atoms with Crippen LogP contribution in [0.5, 0.6) is 0 Å². The van der Waals surface area contributed by atoms with E-state index in [1.807, 2.05) is 18.7 Å². The number of nitrogens with zero attached hydrogens (tertiary/aromatic N) is 3. The van der Waals surface area contributed by atoms with E-state index in [4.69, 9.17) is 0 Å². The van der Waals surface area contributed by atoms with Gasteiger partial charge in [-0.05, 0) is 29.3 Å². The second kappa shape index (κ2) is 5.95. The molecular formula is C12H17BrN4S. The molecule has 2 rings (SSSR count). The van der Waals surface area contributed by atoms with Gasteiger partial charge in [0.15, 0.2) is 0 Å². The molecule has 2 heterocycles. The smallest absolute Gasteiger partial charge is 0.107 e. The highest BCUT2D eigenvalue weighted by molar-refractivity contribution is 9.10. The van der Waals surface area contributed by atoms with Crippen LogP contribution < -0.4 is 5.32 Å². The lowest BCUT2D eigenvalue weighted by Crippen LogP contribution is -2.15. The van der Waals surface area contributed by atoms with Crippen molar-refractivity contribution < 1.29 is 0 Å². The van der Waals surface area contributed by atoms with E-state index >= 15 is 0 Å². The topological polar surface area (TPSA) is 42.7 Å². The molecule has 0 saturated carbocycles. The van der Waals surface area contributed by atoms with Crippen molar-refractivity contribution in [2.45, 2.75) is 33.4 Å². The van der Waals surface area contributed by atoms with Gasteiger partial charge in [0, 0.05) is 31.2 Å². The van der Waals surface area contributed by atoms with Crippen molar-refractivity contribution in [1.29, 1.82) is 0 Å². The first-order valence-electron chi connectivity index (χ1n) is 5.93. The fraction of sp³-hybridized carbons (Fsp3) is 0.500. The summed E-state index contributed by atoms with van der Waals surface area (Å²) < 4.78 is 3.05. The molecule has 6 heteroatoms. The minimum Gasteiger partial charge on any atom is -0.305 e. The van der Waals surface area contributed by atoms with Crippen LogP contribution in [-0.2, 0) is 26.6 Å². The van der Waals surface area contributed by atoms with Crippen molar-refractivity contribution in [2.24, 2.45) is 7.05 Å². The quantitative estimate of drug-likeness (QED) is 0.917. The fourth-order valence-electron chi connectivity index (χ4n) is 1.78. The van der Waals surface area contributed by atoms with Crippen molar-refractivity contribution in [1.82, 2.24) is 20.1 Å². The van der Waals surface area contributed by atoms with Crippen LogP contribution >= 0.6 is 27.3 Å². The van der Waals surface area contributed by atoms with Gasteiger partial charge in [-0.15, -0.1) is 11.3 Å². The molecule has 4 nitrogen and oxygen atoms in total. The van der Waals surface area contributed by atoms with Gasteiger partial charge in [-0.25, -0.2) is 4.98 Å². The highest BCUT2D eigenvalue weighted by Gasteiger charge is 2.11. The Kier molecular flexibility index (Phi) is 4.53. The number of nitrogens with one attached hydrogen (secondary N) is 1. The molecule has 18 heavy (non-hydrogen) atoms. The normalized spacial score (nSPS) is 11.1. The Morgan fingerprint density at radius 1 is 1.44 bits per heavy atom. The largest absolute Gasteiger partial charge is 0.305 e. The van der Waals surface area contributed by atoms with E-state index in [1.54, 1.807) is 11.3 Å². The third kappa shape index (κ3) is 2.99. The van der Waals surface area contributed by atoms with Gasteiger partial charge in [0.2, 0.25) is 0 Å². The van der Waals surface area contributed by atoms with Gasteiger partial charge in [0.25, 0.3) is 0 Å². The van der Waals surface area contributed by atoms with Crippen LogP contribution in [0.1, 0.15) is 29.0 Å². The fourth-order valence-corrected chi connectivity index (χ4v) is 3.28. The second-order valence-corrected chi connectivity index (χ2v) is 5.91. The monoisotopic (exact) mass is 328 g/mol. The second-order valence-electron chi connectivity index (χ2n) is 4.17. The van der Waals surface area contributed by atoms with Crippen LogP contribution in [0.25, 0.3) is 0 Å². The molecule has 1 N–H and O–H groups in total. The lowest BCUT2D eigenvalue weighted by molar-refractivity contribution is 0.620. The first-order valence-corrected chi connectivity index (χ1v) is 7.61. The summed E-state index contributed by atoms with van der Waals surface area (Å²) >= 11 is 5.31. The molecular weight excluding hydrogens is 312 g/mol. The maximum Gasteiger partial charge on any atom is 0.107 e. The molecule has 0 spiro atoms. The Balaban J connectivity index is 1.96. The Hall–Kier alpha value is -0.720. The van der Waals surface area contributed by atoms with E-state index in [2.05, 4.69) is 43.6 Å². The summed E-state index contributed by atoms with van der Waals surface area (Å²) in [4.78, 5) is 4.43. The SMILES string of the molecule is CCc1nn(C)c(CNCc2nc(C)cs2)c1Br. The highest BCUT2D eigenvalue weighted by Crippen LogP contribution is 2.21. The molecule has 0 unspecified atom stereocenters. The lowest BCUT2D eigenvalue weighted by atomic mass is 10.3. The molecule has 0 aliphatic heterocycles. The van der Waals surface area contributed by atoms with E-state index in [9.17, 15) is 0 Å². The summed E-state index contributed by atoms with van der Waals surface area (Å²) in [5.41, 5.74) is 3.38. The Morgan fingerprint density at radius 2 is 2.22 bits per heavy atom. The summed E-state index contributed by atoms with van der Waals surface area (Å²) in [6.07, 6.45) is 0.945. The first-order chi connectivity index (χ1) is 8.61. The number of rotatable bonds is 5. The minimum atomic E-state index is 0.794. The van der Waals surface area contributed by atoms with Crippen molar-refractivity contribution in [3.8, 4) is 0 Å². The number of hydrogen-bond donors (Lipinski definition) is 1. The van der Waals surface area contributed by atoms with Crippen molar-refractivity contribution in [3.63, 3.8) is 0 Å². The van der Waals surface area contributed by atoms with E-state index in [0.29, 0.717) is 0 Å². The van der Waals surface area contributed by atoms with Gasteiger partial charge in [-0.2, -0.15) is 5.10 Å². The maximum absolute atomic E-state index is 4.48. The number of thiazole rings is 1. The number of halogens is 1. The third-order valence-electron chi connectivity index (χ3n) is 2.74. The van der Waals surface area contributed by atoms with Gasteiger partial charge < -0.3 is 5.32 Å². The zero-order valence-corrected chi connectivity index (χ0v) is 13.2. The van der Waals surface area contributed by atoms with Crippen molar-refractivity contribution >= 4 is 27.3 Å². The van der Waals surface area contributed by atoms with Crippen LogP contribution in [-0.4, -0.2) is 14.8 Å². The number of hydrogen-bond acceptors (Lipinski definition) is 4. The summed E-state index contributed by atoms with van der Waals surface area (Å²) in [6.45, 7) is 5.73. The summed E-state index contributed by atoms with van der Waals surface area (Å²) in [5, 5.41) is 11.1. The van der Waals surface area contributed by atoms with Gasteiger partial charge in [-0.1, -0.05) is 6.92 Å². The van der Waals surface area contributed by atoms with Gasteiger partial charge in [0.1, 0.15) is 5.01 Å². The zero-order chi connectivity index (χ0) is 13.1. The first kappa shape index (κ1) is 13.7. The molecule has 0 radical (unpaired) electrons. The molecule has 0 atom stereocenters. The van der Waals surface area contributed by atoms with Gasteiger partial charge >= 0.3 is 0 Å². The molecule has 0 bridgehead atoms. The Morgan fingerprint density at radius 3 is 2.78 bits per heavy atom. The zero-order valence-electron chi connectivity index (χ0n) is 10.8. The summed E-state index contributed by atoms with van der Waals surface area (Å²) in [7, 11) is 1.98. The average Bonchev–Trinajstić information content (AvgIpc) is 2.86. The van der Waals surface area contributed by atoms with E-state index in [-0.39, 0.29) is 0 Å². The third-order valence-corrected chi connectivity index (χ3v) is 4.62. The van der Waals surface area contributed by atoms with E-state index in [1.165, 1.54) is 5.69 Å². The van der Waals surface area contributed by atoms with Crippen LogP contribution in [0.4, 0.5) is 0 Å². The van der Waals surface area contributed by atoms with E-state index < -0.39 is 0 Å². The summed E-state index contributed by atoms with van der Waals surface area (Å²) in [6, 6.07) is 0. The van der Waals surface area contributed by atoms with Gasteiger partial charge in [0.05, 0.1) is 15.9 Å². The molecule has 0 aliphatic carbocycles. The van der Waals surface area contributed by atoms with Crippen LogP contribution in [0.15, 0.2) is 9.85 Å². The number of aryl methyl sites for hydroxylation is 3. The van der Waals surface area contributed by atoms with Crippen molar-refractivity contribution in [2.75, 3.05) is 0 Å². The molecule has 0 saturated heterocycles. The number of aromatic nitrogens is 3. The van der Waals surface area contributed by atoms with Gasteiger partial charge in [-0.3, -0.25) is 4.68 Å². The molecule has 98 valence electrons. The lowest BCUT2D eigenvalue weighted by Gasteiger charge is -2.04. The molecule has 2 aromatic rings. The van der Waals surface area contributed by atoms with Crippen LogP contribution in [0.2, 0.25) is 0 Å². The molecule has 0 aliphatic rings.